The minimum atomic E-state index is -0.340. The molecule has 1 saturated carbocycles. The minimum absolute atomic E-state index is 0.0172. The highest BCUT2D eigenvalue weighted by atomic mass is 32.2. The van der Waals surface area contributed by atoms with E-state index in [0.717, 1.165) is 12.8 Å². The Balaban J connectivity index is 1.09. The Morgan fingerprint density at radius 3 is 2.06 bits per heavy atom. The van der Waals surface area contributed by atoms with E-state index in [1.165, 1.54) is 75.0 Å². The van der Waals surface area contributed by atoms with E-state index in [2.05, 4.69) is 188 Å². The summed E-state index contributed by atoms with van der Waals surface area (Å²) < 4.78 is 0. The minimum Gasteiger partial charge on any atom is -0.361 e. The highest BCUT2D eigenvalue weighted by molar-refractivity contribution is 8.01. The number of benzene rings is 5. The molecule has 5 atom stereocenters. The van der Waals surface area contributed by atoms with E-state index >= 15 is 0 Å². The molecule has 0 spiro atoms. The Labute approximate surface area is 325 Å². The first-order valence-corrected chi connectivity index (χ1v) is 21.2. The largest absolute Gasteiger partial charge is 0.361 e. The van der Waals surface area contributed by atoms with Crippen LogP contribution in [-0.2, 0) is 10.8 Å². The quantitative estimate of drug-likeness (QED) is 0.178. The van der Waals surface area contributed by atoms with Crippen LogP contribution in [0.3, 0.4) is 0 Å². The van der Waals surface area contributed by atoms with Gasteiger partial charge in [0.1, 0.15) is 0 Å². The molecular formula is C52H47NS. The Kier molecular flexibility index (Phi) is 7.47. The molecule has 0 bridgehead atoms. The summed E-state index contributed by atoms with van der Waals surface area (Å²) in [5.74, 6) is 0.533. The van der Waals surface area contributed by atoms with E-state index in [4.69, 9.17) is 0 Å². The van der Waals surface area contributed by atoms with Crippen molar-refractivity contribution in [2.75, 3.05) is 4.90 Å². The predicted molar refractivity (Wildman–Crippen MR) is 228 cm³/mol. The molecule has 1 nitrogen and oxygen atoms in total. The molecule has 11 rings (SSSR count). The van der Waals surface area contributed by atoms with Gasteiger partial charge >= 0.3 is 0 Å². The molecule has 0 radical (unpaired) electrons. The Bertz CT molecular complexity index is 2380. The van der Waals surface area contributed by atoms with Gasteiger partial charge in [-0.25, -0.2) is 0 Å². The van der Waals surface area contributed by atoms with Crippen LogP contribution in [0.25, 0.3) is 22.3 Å². The molecule has 0 amide bonds. The van der Waals surface area contributed by atoms with Crippen LogP contribution in [0.1, 0.15) is 73.8 Å². The lowest BCUT2D eigenvalue weighted by Crippen LogP contribution is -2.47. The monoisotopic (exact) mass is 717 g/mol. The Morgan fingerprint density at radius 1 is 0.630 bits per heavy atom. The van der Waals surface area contributed by atoms with Crippen LogP contribution in [0.15, 0.2) is 169 Å². The van der Waals surface area contributed by atoms with E-state index in [1.807, 2.05) is 0 Å². The zero-order valence-electron chi connectivity index (χ0n) is 31.3. The average molecular weight is 718 g/mol. The third-order valence-electron chi connectivity index (χ3n) is 13.9. The van der Waals surface area contributed by atoms with Crippen molar-refractivity contribution >= 4 is 17.4 Å². The maximum absolute atomic E-state index is 2.90. The molecule has 1 saturated heterocycles. The lowest BCUT2D eigenvalue weighted by atomic mass is 9.62. The highest BCUT2D eigenvalue weighted by Crippen LogP contribution is 2.63. The smallest absolute Gasteiger partial charge is 0.0713 e. The highest BCUT2D eigenvalue weighted by Gasteiger charge is 2.53. The van der Waals surface area contributed by atoms with Crippen molar-refractivity contribution < 1.29 is 0 Å². The van der Waals surface area contributed by atoms with E-state index in [9.17, 15) is 0 Å². The van der Waals surface area contributed by atoms with Gasteiger partial charge in [-0.05, 0) is 99.7 Å². The van der Waals surface area contributed by atoms with Crippen LogP contribution >= 0.6 is 11.8 Å². The van der Waals surface area contributed by atoms with Crippen molar-refractivity contribution in [1.29, 1.82) is 0 Å². The third kappa shape index (κ3) is 4.53. The van der Waals surface area contributed by atoms with Crippen LogP contribution in [0.5, 0.6) is 0 Å². The van der Waals surface area contributed by atoms with Gasteiger partial charge < -0.3 is 4.90 Å². The van der Waals surface area contributed by atoms with Crippen LogP contribution in [-0.4, -0.2) is 22.6 Å². The molecule has 5 aromatic carbocycles. The molecule has 1 aliphatic heterocycles. The van der Waals surface area contributed by atoms with Crippen LogP contribution < -0.4 is 4.90 Å². The molecule has 54 heavy (non-hydrogen) atoms. The molecule has 1 heterocycles. The summed E-state index contributed by atoms with van der Waals surface area (Å²) in [7, 11) is 0. The number of thioether (sulfide) groups is 1. The van der Waals surface area contributed by atoms with E-state index < -0.39 is 0 Å². The SMILES string of the molecule is CC1(C)c2ccccc2-c2c(N(C3C=CC=CC3)C3CCC4SC5CC=CC(C6(c7ccccc7)c7ccccc7-c7ccccc76)=C5C4C3)cccc21. The summed E-state index contributed by atoms with van der Waals surface area (Å²) in [5, 5.41) is 1.18. The van der Waals surface area contributed by atoms with Crippen molar-refractivity contribution in [2.45, 2.75) is 79.4 Å². The summed E-state index contributed by atoms with van der Waals surface area (Å²) in [6.07, 6.45) is 20.3. The summed E-state index contributed by atoms with van der Waals surface area (Å²) in [6, 6.07) is 47.2. The van der Waals surface area contributed by atoms with Gasteiger partial charge in [0.05, 0.1) is 11.5 Å². The summed E-state index contributed by atoms with van der Waals surface area (Å²) in [4.78, 5) is 2.90. The van der Waals surface area contributed by atoms with Gasteiger partial charge in [-0.2, -0.15) is 0 Å². The second-order valence-electron chi connectivity index (χ2n) is 16.8. The number of allylic oxidation sites excluding steroid dienone is 5. The standard InChI is InChI=1S/C52H47NS/c1-51(2)41-24-12-11-23-39(41)49-44(51)27-15-29-46(49)53(35-19-7-4-8-20-35)36-31-32-47-40(33-36)50-45(28-16-30-48(50)54-47)52(34-17-5-3-6-18-34)42-25-13-9-21-37(42)38-22-10-14-26-43(38)52/h3-19,21-29,35-36,40,47-48H,20,30-33H2,1-2H3. The molecule has 266 valence electrons. The number of rotatable bonds is 5. The number of fused-ring (bicyclic) bond motifs is 9. The molecule has 5 aliphatic carbocycles. The van der Waals surface area contributed by atoms with Crippen molar-refractivity contribution in [3.63, 3.8) is 0 Å². The molecule has 2 fully saturated rings. The topological polar surface area (TPSA) is 3.24 Å². The first kappa shape index (κ1) is 32.6. The van der Waals surface area contributed by atoms with Crippen molar-refractivity contribution in [1.82, 2.24) is 0 Å². The van der Waals surface area contributed by atoms with Gasteiger partial charge in [-0.1, -0.05) is 166 Å². The first-order valence-electron chi connectivity index (χ1n) is 20.2. The fourth-order valence-corrected chi connectivity index (χ4v) is 13.6. The summed E-state index contributed by atoms with van der Waals surface area (Å²) in [6.45, 7) is 4.84. The van der Waals surface area contributed by atoms with Crippen LogP contribution in [0.4, 0.5) is 5.69 Å². The second-order valence-corrected chi connectivity index (χ2v) is 18.3. The molecule has 5 aromatic rings. The van der Waals surface area contributed by atoms with Gasteiger partial charge in [-0.15, -0.1) is 11.8 Å². The number of nitrogens with zero attached hydrogens (tertiary/aromatic N) is 1. The van der Waals surface area contributed by atoms with E-state index in [-0.39, 0.29) is 10.8 Å². The summed E-state index contributed by atoms with van der Waals surface area (Å²) in [5.41, 5.74) is 17.2. The van der Waals surface area contributed by atoms with Crippen molar-refractivity contribution in [2.24, 2.45) is 5.92 Å². The zero-order valence-corrected chi connectivity index (χ0v) is 32.1. The Morgan fingerprint density at radius 2 is 1.31 bits per heavy atom. The van der Waals surface area contributed by atoms with Gasteiger partial charge in [0.15, 0.2) is 0 Å². The Hall–Kier alpha value is -4.79. The van der Waals surface area contributed by atoms with Crippen LogP contribution in [0, 0.1) is 5.92 Å². The zero-order chi connectivity index (χ0) is 36.0. The number of hydrogen-bond acceptors (Lipinski definition) is 2. The lowest BCUT2D eigenvalue weighted by Gasteiger charge is -2.45. The van der Waals surface area contributed by atoms with Gasteiger partial charge in [0, 0.05) is 33.2 Å². The predicted octanol–water partition coefficient (Wildman–Crippen LogP) is 12.6. The first-order chi connectivity index (χ1) is 26.6. The second kappa shape index (κ2) is 12.4. The fraction of sp³-hybridized carbons (Fsp3) is 0.269. The number of hydrogen-bond donors (Lipinski definition) is 0. The summed E-state index contributed by atoms with van der Waals surface area (Å²) >= 11 is 2.30. The van der Waals surface area contributed by atoms with Crippen LogP contribution in [0.2, 0.25) is 0 Å². The molecule has 5 unspecified atom stereocenters. The lowest BCUT2D eigenvalue weighted by molar-refractivity contribution is 0.346. The van der Waals surface area contributed by atoms with Crippen molar-refractivity contribution in [3.05, 3.63) is 197 Å². The maximum atomic E-state index is 2.90. The maximum Gasteiger partial charge on any atom is 0.0713 e. The van der Waals surface area contributed by atoms with Gasteiger partial charge in [-0.3, -0.25) is 0 Å². The molecule has 6 aliphatic rings. The fourth-order valence-electron chi connectivity index (χ4n) is 11.7. The molecular weight excluding hydrogens is 671 g/mol. The third-order valence-corrected chi connectivity index (χ3v) is 15.6. The van der Waals surface area contributed by atoms with Gasteiger partial charge in [0.2, 0.25) is 0 Å². The normalized spacial score (nSPS) is 26.1. The number of anilines is 1. The van der Waals surface area contributed by atoms with Gasteiger partial charge in [0.25, 0.3) is 0 Å². The molecule has 2 heteroatoms. The van der Waals surface area contributed by atoms with Crippen molar-refractivity contribution in [3.8, 4) is 22.3 Å². The molecule has 0 aromatic heterocycles. The average Bonchev–Trinajstić information content (AvgIpc) is 3.83. The van der Waals surface area contributed by atoms with E-state index in [0.29, 0.717) is 28.5 Å². The molecule has 0 N–H and O–H groups in total. The van der Waals surface area contributed by atoms with E-state index in [1.54, 1.807) is 11.1 Å².